The highest BCUT2D eigenvalue weighted by Gasteiger charge is 2.46. The average Bonchev–Trinajstić information content (AvgIpc) is 3.15. The minimum absolute atomic E-state index is 0.00486. The van der Waals surface area contributed by atoms with Crippen LogP contribution in [0.25, 0.3) is 10.6 Å². The summed E-state index contributed by atoms with van der Waals surface area (Å²) in [5.41, 5.74) is -3.63. The minimum Gasteiger partial charge on any atom is -0.375 e. The number of aromatic nitrogens is 1. The average molecular weight is 495 g/mol. The number of sulfonamides is 1. The highest BCUT2D eigenvalue weighted by Crippen LogP contribution is 2.28. The lowest BCUT2D eigenvalue weighted by atomic mass is 10.1. The van der Waals surface area contributed by atoms with Gasteiger partial charge in [0, 0.05) is 16.6 Å². The van der Waals surface area contributed by atoms with Crippen LogP contribution in [0.2, 0.25) is 5.02 Å². The third-order valence-electron chi connectivity index (χ3n) is 3.99. The zero-order valence-electron chi connectivity index (χ0n) is 15.6. The summed E-state index contributed by atoms with van der Waals surface area (Å²) in [6.07, 6.45) is 0.353. The van der Waals surface area contributed by atoms with E-state index in [1.807, 2.05) is 0 Å². The van der Waals surface area contributed by atoms with Crippen LogP contribution in [0.15, 0.2) is 47.8 Å². The van der Waals surface area contributed by atoms with Gasteiger partial charge in [-0.05, 0) is 42.3 Å². The normalized spacial score (nSPS) is 12.2. The maximum Gasteiger partial charge on any atom is 0.516 e. The van der Waals surface area contributed by atoms with Crippen molar-refractivity contribution in [3.63, 3.8) is 0 Å². The first-order chi connectivity index (χ1) is 14.5. The number of nitrogens with zero attached hydrogens (tertiary/aromatic N) is 1. The van der Waals surface area contributed by atoms with E-state index in [2.05, 4.69) is 4.98 Å². The highest BCUT2D eigenvalue weighted by molar-refractivity contribution is 7.93. The molecule has 166 valence electrons. The largest absolute Gasteiger partial charge is 0.516 e. The Morgan fingerprint density at radius 3 is 2.65 bits per heavy atom. The zero-order valence-corrected chi connectivity index (χ0v) is 18.0. The number of benzene rings is 2. The van der Waals surface area contributed by atoms with E-state index >= 15 is 0 Å². The summed E-state index contributed by atoms with van der Waals surface area (Å²) in [6.45, 7) is 0.441. The fourth-order valence-corrected chi connectivity index (χ4v) is 4.04. The van der Waals surface area contributed by atoms with Gasteiger partial charge in [-0.15, -0.1) is 11.3 Å². The number of anilines is 1. The Labute approximate surface area is 184 Å². The highest BCUT2D eigenvalue weighted by atomic mass is 35.5. The van der Waals surface area contributed by atoms with Gasteiger partial charge in [-0.2, -0.15) is 21.6 Å². The first kappa shape index (κ1) is 23.5. The molecule has 0 aliphatic carbocycles. The van der Waals surface area contributed by atoms with E-state index in [-0.39, 0.29) is 23.9 Å². The first-order valence-electron chi connectivity index (χ1n) is 8.71. The summed E-state index contributed by atoms with van der Waals surface area (Å²) in [5.74, 6) is -0.513. The lowest BCUT2D eigenvalue weighted by Gasteiger charge is -2.11. The molecule has 1 aromatic heterocycles. The van der Waals surface area contributed by atoms with Gasteiger partial charge < -0.3 is 4.74 Å². The van der Waals surface area contributed by atoms with Crippen LogP contribution in [-0.2, 0) is 27.8 Å². The van der Waals surface area contributed by atoms with Crippen LogP contribution in [0.5, 0.6) is 0 Å². The standard InChI is InChI=1S/C19H15ClF4N2O3S2/c20-16-9-13(4-5-17(16)21)18-25-15(11-30-18)10-29-7-6-12-2-1-3-14(8-12)26-31(27,28)19(22,23)24/h1-5,8-9,11,26H,6-7,10H2. The Bertz CT molecular complexity index is 1170. The van der Waals surface area contributed by atoms with Crippen LogP contribution < -0.4 is 4.72 Å². The number of alkyl halides is 3. The smallest absolute Gasteiger partial charge is 0.375 e. The van der Waals surface area contributed by atoms with E-state index in [1.165, 1.54) is 46.4 Å². The van der Waals surface area contributed by atoms with Crippen molar-refractivity contribution in [3.05, 3.63) is 69.9 Å². The molecule has 1 N–H and O–H groups in total. The Balaban J connectivity index is 1.52. The van der Waals surface area contributed by atoms with Crippen LogP contribution in [-0.4, -0.2) is 25.5 Å². The maximum absolute atomic E-state index is 13.3. The molecule has 0 bridgehead atoms. The van der Waals surface area contributed by atoms with Crippen molar-refractivity contribution >= 4 is 38.6 Å². The topological polar surface area (TPSA) is 68.3 Å². The molecule has 31 heavy (non-hydrogen) atoms. The fourth-order valence-electron chi connectivity index (χ4n) is 2.51. The first-order valence-corrected chi connectivity index (χ1v) is 11.4. The predicted octanol–water partition coefficient (Wildman–Crippen LogP) is 5.62. The second-order valence-electron chi connectivity index (χ2n) is 6.33. The second-order valence-corrected chi connectivity index (χ2v) is 9.27. The molecule has 0 radical (unpaired) electrons. The van der Waals surface area contributed by atoms with Crippen LogP contribution in [0.4, 0.5) is 23.2 Å². The van der Waals surface area contributed by atoms with Crippen molar-refractivity contribution in [1.82, 2.24) is 4.98 Å². The molecule has 3 aromatic rings. The molecule has 0 fully saturated rings. The van der Waals surface area contributed by atoms with Crippen molar-refractivity contribution in [1.29, 1.82) is 0 Å². The minimum atomic E-state index is -5.47. The molecule has 0 amide bonds. The Morgan fingerprint density at radius 2 is 1.94 bits per heavy atom. The monoisotopic (exact) mass is 494 g/mol. The fraction of sp³-hybridized carbons (Fsp3) is 0.211. The summed E-state index contributed by atoms with van der Waals surface area (Å²) in [4.78, 5) is 4.40. The molecule has 0 spiro atoms. The van der Waals surface area contributed by atoms with Crippen molar-refractivity contribution in [2.75, 3.05) is 11.3 Å². The van der Waals surface area contributed by atoms with E-state index in [9.17, 15) is 26.0 Å². The van der Waals surface area contributed by atoms with Gasteiger partial charge in [0.2, 0.25) is 0 Å². The van der Waals surface area contributed by atoms with E-state index in [0.717, 1.165) is 0 Å². The molecule has 12 heteroatoms. The Morgan fingerprint density at radius 1 is 1.16 bits per heavy atom. The molecule has 3 rings (SSSR count). The maximum atomic E-state index is 13.3. The molecule has 1 heterocycles. The van der Waals surface area contributed by atoms with Gasteiger partial charge in [-0.3, -0.25) is 4.72 Å². The Hall–Kier alpha value is -2.21. The summed E-state index contributed by atoms with van der Waals surface area (Å²) in [6, 6.07) is 9.96. The number of nitrogens with one attached hydrogen (secondary N) is 1. The molecule has 0 atom stereocenters. The molecule has 0 saturated carbocycles. The second kappa shape index (κ2) is 9.51. The lowest BCUT2D eigenvalue weighted by molar-refractivity contribution is -0.0429. The molecule has 0 saturated heterocycles. The van der Waals surface area contributed by atoms with E-state index in [4.69, 9.17) is 16.3 Å². The number of ether oxygens (including phenoxy) is 1. The van der Waals surface area contributed by atoms with Gasteiger partial charge >= 0.3 is 15.5 Å². The van der Waals surface area contributed by atoms with Crippen molar-refractivity contribution < 1.29 is 30.7 Å². The number of hydrogen-bond acceptors (Lipinski definition) is 5. The molecule has 5 nitrogen and oxygen atoms in total. The number of hydrogen-bond donors (Lipinski definition) is 1. The van der Waals surface area contributed by atoms with Crippen LogP contribution in [0.3, 0.4) is 0 Å². The van der Waals surface area contributed by atoms with Gasteiger partial charge in [-0.1, -0.05) is 23.7 Å². The van der Waals surface area contributed by atoms with Gasteiger partial charge in [0.15, 0.2) is 0 Å². The molecule has 2 aromatic carbocycles. The third kappa shape index (κ3) is 6.16. The SMILES string of the molecule is O=S(=O)(Nc1cccc(CCOCc2csc(-c3ccc(F)c(Cl)c3)n2)c1)C(F)(F)F. The van der Waals surface area contributed by atoms with Crippen molar-refractivity contribution in [2.45, 2.75) is 18.5 Å². The van der Waals surface area contributed by atoms with Gasteiger partial charge in [-0.25, -0.2) is 9.37 Å². The third-order valence-corrected chi connectivity index (χ3v) is 6.33. The number of thiazole rings is 1. The summed E-state index contributed by atoms with van der Waals surface area (Å²) in [7, 11) is -5.47. The summed E-state index contributed by atoms with van der Waals surface area (Å²) >= 11 is 7.14. The van der Waals surface area contributed by atoms with Crippen molar-refractivity contribution in [3.8, 4) is 10.6 Å². The molecule has 0 aliphatic heterocycles. The molecule has 0 unspecified atom stereocenters. The van der Waals surface area contributed by atoms with Crippen LogP contribution in [0, 0.1) is 5.82 Å². The molecular weight excluding hydrogens is 480 g/mol. The lowest BCUT2D eigenvalue weighted by Crippen LogP contribution is -2.29. The Kier molecular flexibility index (Phi) is 7.20. The summed E-state index contributed by atoms with van der Waals surface area (Å²) in [5, 5.41) is 2.45. The van der Waals surface area contributed by atoms with Crippen LogP contribution >= 0.6 is 22.9 Å². The molecular formula is C19H15ClF4N2O3S2. The predicted molar refractivity (Wildman–Crippen MR) is 111 cm³/mol. The van der Waals surface area contributed by atoms with Gasteiger partial charge in [0.1, 0.15) is 10.8 Å². The number of halogens is 5. The summed E-state index contributed by atoms with van der Waals surface area (Å²) < 4.78 is 80.2. The molecule has 0 aliphatic rings. The van der Waals surface area contributed by atoms with Crippen molar-refractivity contribution in [2.24, 2.45) is 0 Å². The van der Waals surface area contributed by atoms with E-state index in [1.54, 1.807) is 17.5 Å². The van der Waals surface area contributed by atoms with E-state index < -0.39 is 21.3 Å². The van der Waals surface area contributed by atoms with Gasteiger partial charge in [0.25, 0.3) is 0 Å². The van der Waals surface area contributed by atoms with E-state index in [0.29, 0.717) is 28.2 Å². The number of rotatable bonds is 8. The zero-order chi connectivity index (χ0) is 22.6. The van der Waals surface area contributed by atoms with Crippen LogP contribution in [0.1, 0.15) is 11.3 Å². The quantitative estimate of drug-likeness (QED) is 0.326. The van der Waals surface area contributed by atoms with Gasteiger partial charge in [0.05, 0.1) is 23.9 Å².